The van der Waals surface area contributed by atoms with Crippen molar-refractivity contribution >= 4 is 11.6 Å². The van der Waals surface area contributed by atoms with Crippen LogP contribution in [0.4, 0.5) is 0 Å². The van der Waals surface area contributed by atoms with E-state index in [-0.39, 0.29) is 23.7 Å². The van der Waals surface area contributed by atoms with Gasteiger partial charge in [-0.3, -0.25) is 19.4 Å². The molecule has 0 aromatic heterocycles. The molecule has 2 aromatic rings. The fraction of sp³-hybridized carbons (Fsp3) is 0.533. The number of hydrogen-bond acceptors (Lipinski definition) is 4. The minimum Gasteiger partial charge on any atom is -0.293 e. The van der Waals surface area contributed by atoms with Gasteiger partial charge in [-0.2, -0.15) is 0 Å². The van der Waals surface area contributed by atoms with Gasteiger partial charge in [0.15, 0.2) is 11.6 Å². The first-order valence-electron chi connectivity index (χ1n) is 13.4. The fourth-order valence-corrected chi connectivity index (χ4v) is 5.68. The molecule has 0 bridgehead atoms. The number of unbranched alkanes of at least 4 members (excludes halogenated alkanes) is 1. The summed E-state index contributed by atoms with van der Waals surface area (Å²) in [7, 11) is 0. The Kier molecular flexibility index (Phi) is 9.46. The van der Waals surface area contributed by atoms with Crippen LogP contribution < -0.4 is 0 Å². The highest BCUT2D eigenvalue weighted by molar-refractivity contribution is 6.00. The third kappa shape index (κ3) is 6.64. The quantitative estimate of drug-likeness (QED) is 0.304. The van der Waals surface area contributed by atoms with Gasteiger partial charge >= 0.3 is 0 Å². The van der Waals surface area contributed by atoms with Crippen molar-refractivity contribution < 1.29 is 9.59 Å². The van der Waals surface area contributed by atoms with Crippen LogP contribution in [0.5, 0.6) is 0 Å². The molecule has 0 radical (unpaired) electrons. The van der Waals surface area contributed by atoms with E-state index in [9.17, 15) is 9.59 Å². The minimum atomic E-state index is -0.0408. The number of benzene rings is 2. The number of hydrogen-bond donors (Lipinski definition) is 0. The molecule has 34 heavy (non-hydrogen) atoms. The Morgan fingerprint density at radius 2 is 0.912 bits per heavy atom. The van der Waals surface area contributed by atoms with Crippen LogP contribution in [0.1, 0.15) is 84.9 Å². The summed E-state index contributed by atoms with van der Waals surface area (Å²) >= 11 is 0. The van der Waals surface area contributed by atoms with E-state index in [0.29, 0.717) is 0 Å². The van der Waals surface area contributed by atoms with Gasteiger partial charge < -0.3 is 0 Å². The zero-order chi connectivity index (χ0) is 23.6. The molecule has 0 spiro atoms. The molecule has 4 rings (SSSR count). The van der Waals surface area contributed by atoms with Crippen molar-refractivity contribution in [1.29, 1.82) is 0 Å². The third-order valence-electron chi connectivity index (χ3n) is 7.59. The molecule has 2 saturated heterocycles. The average molecular weight is 461 g/mol. The molecule has 182 valence electrons. The number of carbonyl (C=O) groups excluding carboxylic acids is 2. The van der Waals surface area contributed by atoms with E-state index < -0.39 is 0 Å². The molecule has 0 aliphatic carbocycles. The topological polar surface area (TPSA) is 40.6 Å². The van der Waals surface area contributed by atoms with Gasteiger partial charge in [0.25, 0.3) is 0 Å². The van der Waals surface area contributed by atoms with Gasteiger partial charge in [-0.15, -0.1) is 0 Å². The van der Waals surface area contributed by atoms with Crippen molar-refractivity contribution in [2.45, 2.75) is 76.3 Å². The summed E-state index contributed by atoms with van der Waals surface area (Å²) in [5, 5.41) is 0. The first-order valence-corrected chi connectivity index (χ1v) is 13.4. The summed E-state index contributed by atoms with van der Waals surface area (Å²) in [4.78, 5) is 31.6. The smallest absolute Gasteiger partial charge is 0.179 e. The van der Waals surface area contributed by atoms with E-state index in [1.165, 1.54) is 38.5 Å². The van der Waals surface area contributed by atoms with E-state index in [4.69, 9.17) is 0 Å². The summed E-state index contributed by atoms with van der Waals surface area (Å²) < 4.78 is 0. The molecule has 2 heterocycles. The molecule has 2 aliphatic heterocycles. The largest absolute Gasteiger partial charge is 0.293 e. The lowest BCUT2D eigenvalue weighted by Gasteiger charge is -2.35. The number of piperidine rings is 2. The maximum Gasteiger partial charge on any atom is 0.179 e. The van der Waals surface area contributed by atoms with Crippen LogP contribution in [-0.4, -0.2) is 59.6 Å². The van der Waals surface area contributed by atoms with Crippen LogP contribution in [-0.2, 0) is 0 Å². The van der Waals surface area contributed by atoms with Crippen molar-refractivity contribution in [2.75, 3.05) is 26.2 Å². The standard InChI is InChI=1S/C30H40N2O2/c33-29(25-15-5-1-6-16-25)27(31-21-11-3-12-22-31)19-9-10-20-28(32-23-13-4-14-24-32)30(34)26-17-7-2-8-18-26/h1-2,5-8,15-18,27-28H,3-4,9-14,19-24H2. The number of Topliss-reactive ketones (excluding diaryl/α,β-unsaturated/α-hetero) is 2. The first-order chi connectivity index (χ1) is 16.7. The van der Waals surface area contributed by atoms with E-state index in [0.717, 1.165) is 63.0 Å². The van der Waals surface area contributed by atoms with Gasteiger partial charge in [-0.1, -0.05) is 86.3 Å². The summed E-state index contributed by atoms with van der Waals surface area (Å²) in [6.07, 6.45) is 11.0. The van der Waals surface area contributed by atoms with Crippen LogP contribution in [0, 0.1) is 0 Å². The molecular formula is C30H40N2O2. The van der Waals surface area contributed by atoms with Crippen molar-refractivity contribution in [3.63, 3.8) is 0 Å². The SMILES string of the molecule is O=C(c1ccccc1)C(CCCCC(C(=O)c1ccccc1)N1CCCCC1)N1CCCCC1. The Bertz CT molecular complexity index is 811. The predicted molar refractivity (Wildman–Crippen MR) is 138 cm³/mol. The molecule has 0 saturated carbocycles. The summed E-state index contributed by atoms with van der Waals surface area (Å²) in [5.41, 5.74) is 1.65. The second-order valence-electron chi connectivity index (χ2n) is 9.97. The Morgan fingerprint density at radius 3 is 1.26 bits per heavy atom. The van der Waals surface area contributed by atoms with Gasteiger partial charge in [-0.25, -0.2) is 0 Å². The normalized spacial score (nSPS) is 19.4. The molecule has 2 fully saturated rings. The molecule has 2 aliphatic rings. The molecule has 4 nitrogen and oxygen atoms in total. The summed E-state index contributed by atoms with van der Waals surface area (Å²) in [6.45, 7) is 4.08. The minimum absolute atomic E-state index is 0.0408. The van der Waals surface area contributed by atoms with Crippen LogP contribution in [0.3, 0.4) is 0 Å². The maximum atomic E-state index is 13.4. The van der Waals surface area contributed by atoms with E-state index in [1.807, 2.05) is 60.7 Å². The predicted octanol–water partition coefficient (Wildman–Crippen LogP) is 6.02. The van der Waals surface area contributed by atoms with Gasteiger partial charge in [0.2, 0.25) is 0 Å². The summed E-state index contributed by atoms with van der Waals surface area (Å²) in [6, 6.07) is 19.5. The van der Waals surface area contributed by atoms with E-state index in [1.54, 1.807) is 0 Å². The van der Waals surface area contributed by atoms with Crippen molar-refractivity contribution in [3.05, 3.63) is 71.8 Å². The maximum absolute atomic E-state index is 13.4. The summed E-state index contributed by atoms with van der Waals surface area (Å²) in [5.74, 6) is 0.519. The molecule has 2 unspecified atom stereocenters. The molecular weight excluding hydrogens is 420 g/mol. The van der Waals surface area contributed by atoms with Crippen molar-refractivity contribution in [1.82, 2.24) is 9.80 Å². The highest BCUT2D eigenvalue weighted by Gasteiger charge is 2.30. The van der Waals surface area contributed by atoms with Crippen LogP contribution >= 0.6 is 0 Å². The number of rotatable bonds is 11. The van der Waals surface area contributed by atoms with E-state index in [2.05, 4.69) is 9.80 Å². The van der Waals surface area contributed by atoms with Crippen molar-refractivity contribution in [2.24, 2.45) is 0 Å². The Balaban J connectivity index is 1.39. The zero-order valence-corrected chi connectivity index (χ0v) is 20.5. The second kappa shape index (κ2) is 13.0. The molecule has 2 atom stereocenters. The fourth-order valence-electron chi connectivity index (χ4n) is 5.68. The molecule has 4 heteroatoms. The van der Waals surface area contributed by atoms with Crippen LogP contribution in [0.2, 0.25) is 0 Å². The lowest BCUT2D eigenvalue weighted by Crippen LogP contribution is -2.45. The molecule has 0 N–H and O–H groups in total. The lowest BCUT2D eigenvalue weighted by molar-refractivity contribution is 0.0734. The van der Waals surface area contributed by atoms with Crippen LogP contribution in [0.25, 0.3) is 0 Å². The van der Waals surface area contributed by atoms with Gasteiger partial charge in [0.05, 0.1) is 12.1 Å². The van der Waals surface area contributed by atoms with Gasteiger partial charge in [-0.05, 0) is 64.7 Å². The number of carbonyl (C=O) groups is 2. The van der Waals surface area contributed by atoms with E-state index >= 15 is 0 Å². The third-order valence-corrected chi connectivity index (χ3v) is 7.59. The van der Waals surface area contributed by atoms with Gasteiger partial charge in [0.1, 0.15) is 0 Å². The van der Waals surface area contributed by atoms with Gasteiger partial charge in [0, 0.05) is 11.1 Å². The lowest BCUT2D eigenvalue weighted by atomic mass is 9.92. The Morgan fingerprint density at radius 1 is 0.559 bits per heavy atom. The Hall–Kier alpha value is -2.30. The molecule has 2 aromatic carbocycles. The second-order valence-corrected chi connectivity index (χ2v) is 9.97. The Labute approximate surface area is 205 Å². The molecule has 0 amide bonds. The van der Waals surface area contributed by atoms with Crippen molar-refractivity contribution in [3.8, 4) is 0 Å². The monoisotopic (exact) mass is 460 g/mol. The number of nitrogens with zero attached hydrogens (tertiary/aromatic N) is 2. The highest BCUT2D eigenvalue weighted by atomic mass is 16.1. The first kappa shape index (κ1) is 24.8. The zero-order valence-electron chi connectivity index (χ0n) is 20.5. The average Bonchev–Trinajstić information content (AvgIpc) is 2.92. The number of likely N-dealkylation sites (tertiary alicyclic amines) is 2. The number of ketones is 2. The van der Waals surface area contributed by atoms with Crippen LogP contribution in [0.15, 0.2) is 60.7 Å². The highest BCUT2D eigenvalue weighted by Crippen LogP contribution is 2.23.